The Morgan fingerprint density at radius 1 is 0.936 bits per heavy atom. The summed E-state index contributed by atoms with van der Waals surface area (Å²) in [6, 6.07) is 24.6. The molecule has 0 saturated carbocycles. The number of rotatable bonds is 17. The second-order valence-electron chi connectivity index (χ2n) is 10.5. The molecule has 3 aromatic carbocycles. The van der Waals surface area contributed by atoms with Gasteiger partial charge in [-0.25, -0.2) is 19.7 Å². The lowest BCUT2D eigenvalue weighted by atomic mass is 10.1. The summed E-state index contributed by atoms with van der Waals surface area (Å²) < 4.78 is 21.4. The van der Waals surface area contributed by atoms with Crippen LogP contribution in [0.2, 0.25) is 0 Å². The number of aromatic nitrogens is 3. The number of likely N-dealkylation sites (N-methyl/N-ethyl adjacent to an activating group) is 1. The van der Waals surface area contributed by atoms with Gasteiger partial charge >= 0.3 is 14.3 Å². The first kappa shape index (κ1) is 34.0. The number of hydrogen-bond donors (Lipinski definition) is 4. The number of anilines is 3. The number of amides is 2. The molecule has 0 fully saturated rings. The van der Waals surface area contributed by atoms with E-state index in [4.69, 9.17) is 19.1 Å². The van der Waals surface area contributed by atoms with Crippen LogP contribution < -0.4 is 20.7 Å². The number of ether oxygens (including phenoxy) is 1. The van der Waals surface area contributed by atoms with Crippen LogP contribution in [-0.2, 0) is 15.5 Å². The Morgan fingerprint density at radius 3 is 2.40 bits per heavy atom. The summed E-state index contributed by atoms with van der Waals surface area (Å²) in [5.74, 6) is 1.47. The van der Waals surface area contributed by atoms with Crippen LogP contribution in [0.25, 0.3) is 20.9 Å². The molecule has 0 aliphatic rings. The molecule has 5 rings (SSSR count). The second kappa shape index (κ2) is 17.5. The predicted octanol–water partition coefficient (Wildman–Crippen LogP) is 6.54. The first-order valence-electron chi connectivity index (χ1n) is 15.4. The molecule has 1 atom stereocenters. The van der Waals surface area contributed by atoms with E-state index < -0.39 is 8.25 Å². The Bertz CT molecular complexity index is 1740. The molecule has 0 radical (unpaired) electrons. The average molecular weight is 676 g/mol. The van der Waals surface area contributed by atoms with Crippen LogP contribution in [-0.4, -0.2) is 70.2 Å². The zero-order valence-corrected chi connectivity index (χ0v) is 27.8. The molecule has 246 valence electrons. The van der Waals surface area contributed by atoms with E-state index in [1.807, 2.05) is 85.8 Å². The highest BCUT2D eigenvalue weighted by atomic mass is 32.1. The van der Waals surface area contributed by atoms with Crippen molar-refractivity contribution in [1.82, 2.24) is 19.9 Å². The minimum Gasteiger partial charge on any atom is -0.494 e. The van der Waals surface area contributed by atoms with Gasteiger partial charge in [0.2, 0.25) is 0 Å². The zero-order chi connectivity index (χ0) is 32.8. The fraction of sp³-hybridized carbons (Fsp3) is 0.273. The number of nitrogens with zero attached hydrogens (tertiary/aromatic N) is 4. The Balaban J connectivity index is 1.08. The number of para-hydroxylation sites is 1. The fourth-order valence-corrected chi connectivity index (χ4v) is 5.94. The van der Waals surface area contributed by atoms with Gasteiger partial charge in [0.1, 0.15) is 27.4 Å². The number of benzene rings is 3. The summed E-state index contributed by atoms with van der Waals surface area (Å²) in [6.07, 6.45) is 3.14. The van der Waals surface area contributed by atoms with Gasteiger partial charge in [-0.3, -0.25) is 4.57 Å². The van der Waals surface area contributed by atoms with E-state index >= 15 is 0 Å². The zero-order valence-electron chi connectivity index (χ0n) is 26.0. The first-order chi connectivity index (χ1) is 23.0. The van der Waals surface area contributed by atoms with Gasteiger partial charge in [-0.2, -0.15) is 0 Å². The molecule has 0 aliphatic heterocycles. The molecule has 0 spiro atoms. The van der Waals surface area contributed by atoms with E-state index in [2.05, 4.69) is 30.8 Å². The quantitative estimate of drug-likeness (QED) is 0.0632. The molecule has 14 heteroatoms. The smallest absolute Gasteiger partial charge is 0.323 e. The lowest BCUT2D eigenvalue weighted by Gasteiger charge is -2.19. The second-order valence-corrected chi connectivity index (χ2v) is 12.3. The van der Waals surface area contributed by atoms with Gasteiger partial charge in [0.15, 0.2) is 5.82 Å². The number of nitrogens with one attached hydrogen (secondary N) is 3. The maximum atomic E-state index is 12.3. The van der Waals surface area contributed by atoms with Crippen molar-refractivity contribution in [2.24, 2.45) is 0 Å². The summed E-state index contributed by atoms with van der Waals surface area (Å²) in [6.45, 7) is 5.75. The van der Waals surface area contributed by atoms with Crippen molar-refractivity contribution in [1.29, 1.82) is 0 Å². The van der Waals surface area contributed by atoms with Crippen molar-refractivity contribution >= 4 is 53.2 Å². The van der Waals surface area contributed by atoms with Crippen molar-refractivity contribution in [3.8, 4) is 16.3 Å². The normalized spacial score (nSPS) is 11.8. The molecule has 2 heterocycles. The van der Waals surface area contributed by atoms with Crippen LogP contribution in [0.1, 0.15) is 18.9 Å². The average Bonchev–Trinajstić information content (AvgIpc) is 3.53. The van der Waals surface area contributed by atoms with Crippen molar-refractivity contribution in [3.63, 3.8) is 0 Å². The molecule has 0 aliphatic carbocycles. The van der Waals surface area contributed by atoms with Gasteiger partial charge in [0.25, 0.3) is 0 Å². The third-order valence-electron chi connectivity index (χ3n) is 7.21. The van der Waals surface area contributed by atoms with Crippen LogP contribution in [0.4, 0.5) is 22.0 Å². The minimum absolute atomic E-state index is 0.242. The SMILES string of the molecule is CCN(CCCOc1ccc(-c2nc3c(NCCc4ccc(NC(=O)Nc5ccccc5)cc4)ncnc3s2)cc1)CCO[PH](=O)O. The molecular formula is C33H38N7O5PS. The van der Waals surface area contributed by atoms with Gasteiger partial charge in [0.05, 0.1) is 13.2 Å². The molecule has 2 amide bonds. The van der Waals surface area contributed by atoms with Gasteiger partial charge in [0, 0.05) is 36.6 Å². The summed E-state index contributed by atoms with van der Waals surface area (Å²) in [4.78, 5) is 37.7. The molecule has 4 N–H and O–H groups in total. The number of carbonyl (C=O) groups is 1. The standard InChI is InChI=1S/C33H38N7O5PS/c1-2-40(20-22-45-46(42)43)19-6-21-44-28-15-11-25(12-16-28)31-39-29-30(35-23-36-32(29)47-31)34-18-17-24-9-13-27(14-10-24)38-33(41)37-26-7-4-3-5-8-26/h3-5,7-16,23,46H,2,6,17-22H2,1H3,(H,42,43)(H,34,35,36)(H2,37,38,41). The van der Waals surface area contributed by atoms with Crippen molar-refractivity contribution in [2.75, 3.05) is 55.3 Å². The third-order valence-corrected chi connectivity index (χ3v) is 8.68. The maximum absolute atomic E-state index is 12.3. The summed E-state index contributed by atoms with van der Waals surface area (Å²) in [5.41, 5.74) is 4.26. The monoisotopic (exact) mass is 675 g/mol. The molecule has 12 nitrogen and oxygen atoms in total. The molecular weight excluding hydrogens is 637 g/mol. The summed E-state index contributed by atoms with van der Waals surface area (Å²) >= 11 is 1.51. The van der Waals surface area contributed by atoms with Crippen LogP contribution in [0.15, 0.2) is 85.2 Å². The van der Waals surface area contributed by atoms with Crippen LogP contribution in [0.3, 0.4) is 0 Å². The molecule has 0 bridgehead atoms. The molecule has 0 saturated heterocycles. The third kappa shape index (κ3) is 10.6. The van der Waals surface area contributed by atoms with Gasteiger partial charge in [-0.05, 0) is 73.5 Å². The Morgan fingerprint density at radius 2 is 1.68 bits per heavy atom. The van der Waals surface area contributed by atoms with E-state index in [0.717, 1.165) is 63.8 Å². The van der Waals surface area contributed by atoms with Crippen LogP contribution >= 0.6 is 19.6 Å². The highest BCUT2D eigenvalue weighted by Crippen LogP contribution is 2.32. The van der Waals surface area contributed by atoms with Crippen molar-refractivity contribution in [3.05, 3.63) is 90.8 Å². The fourth-order valence-electron chi connectivity index (χ4n) is 4.76. The Kier molecular flexibility index (Phi) is 12.6. The molecule has 2 aromatic heterocycles. The summed E-state index contributed by atoms with van der Waals surface area (Å²) in [5, 5.41) is 9.91. The first-order valence-corrected chi connectivity index (χ1v) is 17.4. The van der Waals surface area contributed by atoms with Gasteiger partial charge in [-0.15, -0.1) is 0 Å². The van der Waals surface area contributed by atoms with Crippen molar-refractivity contribution < 1.29 is 23.5 Å². The van der Waals surface area contributed by atoms with E-state index in [-0.39, 0.29) is 12.6 Å². The lowest BCUT2D eigenvalue weighted by molar-refractivity contribution is 0.194. The lowest BCUT2D eigenvalue weighted by Crippen LogP contribution is -2.29. The predicted molar refractivity (Wildman–Crippen MR) is 188 cm³/mol. The van der Waals surface area contributed by atoms with Crippen LogP contribution in [0, 0.1) is 0 Å². The Labute approximate surface area is 278 Å². The minimum atomic E-state index is -2.88. The van der Waals surface area contributed by atoms with E-state index in [9.17, 15) is 9.36 Å². The highest BCUT2D eigenvalue weighted by molar-refractivity contribution is 7.32. The highest BCUT2D eigenvalue weighted by Gasteiger charge is 2.13. The van der Waals surface area contributed by atoms with E-state index in [0.29, 0.717) is 31.2 Å². The number of hydrogen-bond acceptors (Lipinski definition) is 10. The van der Waals surface area contributed by atoms with E-state index in [1.54, 1.807) is 6.33 Å². The van der Waals surface area contributed by atoms with Crippen molar-refractivity contribution in [2.45, 2.75) is 19.8 Å². The molecule has 5 aromatic rings. The Hall–Kier alpha value is -4.39. The number of carbonyl (C=O) groups excluding carboxylic acids is 1. The number of urea groups is 1. The van der Waals surface area contributed by atoms with E-state index in [1.165, 1.54) is 11.3 Å². The van der Waals surface area contributed by atoms with Gasteiger partial charge < -0.3 is 35.0 Å². The number of fused-ring (bicyclic) bond motifs is 1. The maximum Gasteiger partial charge on any atom is 0.323 e. The largest absolute Gasteiger partial charge is 0.494 e. The van der Waals surface area contributed by atoms with Crippen LogP contribution in [0.5, 0.6) is 5.75 Å². The van der Waals surface area contributed by atoms with Gasteiger partial charge in [-0.1, -0.05) is 48.6 Å². The summed E-state index contributed by atoms with van der Waals surface area (Å²) in [7, 11) is -2.88. The molecule has 1 unspecified atom stereocenters. The number of thiazole rings is 1. The molecule has 47 heavy (non-hydrogen) atoms. The topological polar surface area (TPSA) is 151 Å².